The van der Waals surface area contributed by atoms with Gasteiger partial charge in [-0.15, -0.1) is 0 Å². The van der Waals surface area contributed by atoms with Crippen molar-refractivity contribution >= 4 is 29.6 Å². The van der Waals surface area contributed by atoms with Gasteiger partial charge in [-0.2, -0.15) is 0 Å². The molecule has 0 amide bonds. The fourth-order valence-corrected chi connectivity index (χ4v) is 6.28. The average molecular weight is 247 g/mol. The number of hydrogen-bond donors (Lipinski definition) is 0. The molecule has 7 heteroatoms. The first-order valence-corrected chi connectivity index (χ1v) is 7.77. The van der Waals surface area contributed by atoms with Crippen molar-refractivity contribution < 1.29 is 16.8 Å². The fraction of sp³-hybridized carbons (Fsp3) is 1.00. The van der Waals surface area contributed by atoms with Crippen molar-refractivity contribution in [3.63, 3.8) is 0 Å². The van der Waals surface area contributed by atoms with E-state index < -0.39 is 28.9 Å². The fourth-order valence-electron chi connectivity index (χ4n) is 1.55. The Labute approximate surface area is 82.6 Å². The second-order valence-electron chi connectivity index (χ2n) is 3.68. The Hall–Kier alpha value is 0.190. The maximum Gasteiger partial charge on any atom is 0.237 e. The lowest BCUT2D eigenvalue weighted by molar-refractivity contribution is 0.540. The molecule has 1 aliphatic rings. The molecule has 0 radical (unpaired) electrons. The molecule has 1 atom stereocenters. The molecular weight excluding hydrogens is 236 g/mol. The zero-order valence-corrected chi connectivity index (χ0v) is 9.71. The van der Waals surface area contributed by atoms with Gasteiger partial charge < -0.3 is 0 Å². The Morgan fingerprint density at radius 3 is 2.00 bits per heavy atom. The van der Waals surface area contributed by atoms with Crippen LogP contribution in [0.1, 0.15) is 20.3 Å². The number of sulfone groups is 1. The number of halogens is 1. The van der Waals surface area contributed by atoms with Crippen molar-refractivity contribution in [1.82, 2.24) is 0 Å². The van der Waals surface area contributed by atoms with E-state index in [0.717, 1.165) is 0 Å². The molecule has 13 heavy (non-hydrogen) atoms. The summed E-state index contributed by atoms with van der Waals surface area (Å²) < 4.78 is 43.7. The highest BCUT2D eigenvalue weighted by molar-refractivity contribution is 8.15. The molecule has 0 N–H and O–H groups in total. The van der Waals surface area contributed by atoms with Crippen LogP contribution in [-0.2, 0) is 18.9 Å². The predicted octanol–water partition coefficient (Wildman–Crippen LogP) is 0.521. The van der Waals surface area contributed by atoms with Crippen LogP contribution in [0.15, 0.2) is 0 Å². The van der Waals surface area contributed by atoms with Crippen LogP contribution in [-0.4, -0.2) is 32.6 Å². The second-order valence-corrected chi connectivity index (χ2v) is 9.18. The molecule has 0 saturated carbocycles. The van der Waals surface area contributed by atoms with Gasteiger partial charge in [0.25, 0.3) is 0 Å². The molecule has 78 valence electrons. The van der Waals surface area contributed by atoms with Crippen LogP contribution in [0.4, 0.5) is 0 Å². The highest BCUT2D eigenvalue weighted by Crippen LogP contribution is 2.37. The Balaban J connectivity index is 3.25. The van der Waals surface area contributed by atoms with Crippen molar-refractivity contribution in [2.45, 2.75) is 30.3 Å². The zero-order valence-electron chi connectivity index (χ0n) is 7.32. The molecule has 1 saturated heterocycles. The third kappa shape index (κ3) is 1.71. The summed E-state index contributed by atoms with van der Waals surface area (Å²) in [6.07, 6.45) is 0.0984. The van der Waals surface area contributed by atoms with E-state index in [4.69, 9.17) is 10.7 Å². The SMILES string of the molecule is CC1(C)C(S(=O)(=O)Cl)CCS1(=O)=O. The molecule has 0 aromatic carbocycles. The number of hydrogen-bond acceptors (Lipinski definition) is 4. The van der Waals surface area contributed by atoms with Gasteiger partial charge in [-0.1, -0.05) is 0 Å². The van der Waals surface area contributed by atoms with Gasteiger partial charge in [0.1, 0.15) is 0 Å². The average Bonchev–Trinajstić information content (AvgIpc) is 2.00. The first-order valence-electron chi connectivity index (χ1n) is 3.75. The third-order valence-corrected chi connectivity index (χ3v) is 7.53. The molecule has 1 heterocycles. The van der Waals surface area contributed by atoms with Crippen LogP contribution >= 0.6 is 10.7 Å². The Morgan fingerprint density at radius 1 is 1.38 bits per heavy atom. The second kappa shape index (κ2) is 2.84. The van der Waals surface area contributed by atoms with E-state index in [0.29, 0.717) is 0 Å². The van der Waals surface area contributed by atoms with E-state index in [1.165, 1.54) is 13.8 Å². The molecule has 0 aromatic heterocycles. The van der Waals surface area contributed by atoms with Crippen LogP contribution in [0.5, 0.6) is 0 Å². The molecule has 4 nitrogen and oxygen atoms in total. The van der Waals surface area contributed by atoms with Crippen LogP contribution in [0.2, 0.25) is 0 Å². The van der Waals surface area contributed by atoms with E-state index in [2.05, 4.69) is 0 Å². The maximum atomic E-state index is 11.4. The quantitative estimate of drug-likeness (QED) is 0.633. The zero-order chi connectivity index (χ0) is 10.5. The van der Waals surface area contributed by atoms with Crippen LogP contribution in [0, 0.1) is 0 Å². The van der Waals surface area contributed by atoms with E-state index in [1.807, 2.05) is 0 Å². The van der Waals surface area contributed by atoms with Crippen molar-refractivity contribution in [2.75, 3.05) is 5.75 Å². The summed E-state index contributed by atoms with van der Waals surface area (Å²) in [6.45, 7) is 2.81. The first-order chi connectivity index (χ1) is 5.59. The summed E-state index contributed by atoms with van der Waals surface area (Å²) in [4.78, 5) is 0. The molecule has 0 bridgehead atoms. The Morgan fingerprint density at radius 2 is 1.85 bits per heavy atom. The van der Waals surface area contributed by atoms with Gasteiger partial charge in [-0.05, 0) is 20.3 Å². The van der Waals surface area contributed by atoms with Gasteiger partial charge in [-0.3, -0.25) is 0 Å². The van der Waals surface area contributed by atoms with Crippen molar-refractivity contribution in [2.24, 2.45) is 0 Å². The lowest BCUT2D eigenvalue weighted by Gasteiger charge is -2.22. The minimum Gasteiger partial charge on any atom is -0.228 e. The third-order valence-electron chi connectivity index (χ3n) is 2.57. The number of rotatable bonds is 1. The summed E-state index contributed by atoms with van der Waals surface area (Å²) in [7, 11) is -1.95. The topological polar surface area (TPSA) is 68.3 Å². The van der Waals surface area contributed by atoms with Crippen molar-refractivity contribution in [3.8, 4) is 0 Å². The lowest BCUT2D eigenvalue weighted by atomic mass is 10.1. The molecule has 0 aliphatic carbocycles. The normalized spacial score (nSPS) is 31.8. The smallest absolute Gasteiger partial charge is 0.228 e. The van der Waals surface area contributed by atoms with E-state index >= 15 is 0 Å². The van der Waals surface area contributed by atoms with Crippen LogP contribution in [0.3, 0.4) is 0 Å². The van der Waals surface area contributed by atoms with Gasteiger partial charge in [0.2, 0.25) is 9.05 Å². The molecule has 0 aromatic rings. The lowest BCUT2D eigenvalue weighted by Crippen LogP contribution is -2.40. The molecule has 1 aliphatic heterocycles. The van der Waals surface area contributed by atoms with E-state index in [9.17, 15) is 16.8 Å². The standard InChI is InChI=1S/C6H11ClO4S2/c1-6(2)5(13(7,10)11)3-4-12(6,8)9/h5H,3-4H2,1-2H3. The van der Waals surface area contributed by atoms with Crippen LogP contribution < -0.4 is 0 Å². The Kier molecular flexibility index (Phi) is 2.46. The molecule has 0 spiro atoms. The van der Waals surface area contributed by atoms with E-state index in [-0.39, 0.29) is 12.2 Å². The largest absolute Gasteiger partial charge is 0.237 e. The summed E-state index contributed by atoms with van der Waals surface area (Å²) >= 11 is 0. The maximum absolute atomic E-state index is 11.4. The van der Waals surface area contributed by atoms with Crippen molar-refractivity contribution in [1.29, 1.82) is 0 Å². The van der Waals surface area contributed by atoms with Gasteiger partial charge in [0.05, 0.1) is 15.7 Å². The Bertz CT molecular complexity index is 406. The van der Waals surface area contributed by atoms with Gasteiger partial charge in [-0.25, -0.2) is 16.8 Å². The highest BCUT2D eigenvalue weighted by atomic mass is 35.7. The summed E-state index contributed by atoms with van der Waals surface area (Å²) in [6, 6.07) is 0. The summed E-state index contributed by atoms with van der Waals surface area (Å²) in [5.74, 6) is -0.101. The highest BCUT2D eigenvalue weighted by Gasteiger charge is 2.53. The molecular formula is C6H11ClO4S2. The van der Waals surface area contributed by atoms with Gasteiger partial charge >= 0.3 is 0 Å². The van der Waals surface area contributed by atoms with E-state index in [1.54, 1.807) is 0 Å². The summed E-state index contributed by atoms with van der Waals surface area (Å²) in [5.41, 5.74) is 0. The monoisotopic (exact) mass is 246 g/mol. The molecule has 1 rings (SSSR count). The van der Waals surface area contributed by atoms with Crippen molar-refractivity contribution in [3.05, 3.63) is 0 Å². The van der Waals surface area contributed by atoms with Gasteiger partial charge in [0, 0.05) is 10.7 Å². The molecule has 1 unspecified atom stereocenters. The minimum atomic E-state index is -3.79. The molecule has 1 fully saturated rings. The minimum absolute atomic E-state index is 0.0984. The van der Waals surface area contributed by atoms with Crippen LogP contribution in [0.25, 0.3) is 0 Å². The predicted molar refractivity (Wildman–Crippen MR) is 51.0 cm³/mol. The van der Waals surface area contributed by atoms with Gasteiger partial charge in [0.15, 0.2) is 9.84 Å². The summed E-state index contributed by atoms with van der Waals surface area (Å²) in [5, 5.41) is -0.980. The first kappa shape index (κ1) is 11.3.